The van der Waals surface area contributed by atoms with Crippen LogP contribution in [0, 0.1) is 0 Å². The number of hydrogen-bond donors (Lipinski definition) is 9. The molecule has 0 unspecified atom stereocenters. The maximum Gasteiger partial charge on any atom is 0.239 e. The highest BCUT2D eigenvalue weighted by Crippen LogP contribution is 2.44. The predicted octanol–water partition coefficient (Wildman–Crippen LogP) is -1.38. The molecule has 46 heavy (non-hydrogen) atoms. The second kappa shape index (κ2) is 13.1. The van der Waals surface area contributed by atoms with Gasteiger partial charge in [0.05, 0.1) is 26.9 Å². The minimum Gasteiger partial charge on any atom is -0.508 e. The van der Waals surface area contributed by atoms with E-state index in [2.05, 4.69) is 0 Å². The molecule has 17 heteroatoms. The Balaban J connectivity index is 1.52. The summed E-state index contributed by atoms with van der Waals surface area (Å²) >= 11 is 0. The van der Waals surface area contributed by atoms with Crippen LogP contribution in [0.3, 0.4) is 0 Å². The largest absolute Gasteiger partial charge is 0.508 e. The molecule has 0 saturated carbocycles. The lowest BCUT2D eigenvalue weighted by molar-refractivity contribution is -0.318. The molecule has 0 aliphatic carbocycles. The molecule has 2 aliphatic heterocycles. The van der Waals surface area contributed by atoms with Crippen molar-refractivity contribution in [1.29, 1.82) is 0 Å². The SMILES string of the molecule is COc1cc(-c2oc3cc(O)cc(O)c3c(=O)c2O[C@H]2O[C@H](CO[C@H]3O[C@@H](C)[C@H](O)[C@@H](O)[C@H]3O)[C@H](O)[C@@H](O)[C@H]2O)cc(OC)c1O. The summed E-state index contributed by atoms with van der Waals surface area (Å²) in [7, 11) is 2.51. The van der Waals surface area contributed by atoms with Gasteiger partial charge in [0.25, 0.3) is 0 Å². The van der Waals surface area contributed by atoms with E-state index in [1.807, 2.05) is 0 Å². The van der Waals surface area contributed by atoms with Crippen molar-refractivity contribution in [1.82, 2.24) is 0 Å². The highest BCUT2D eigenvalue weighted by atomic mass is 16.7. The fraction of sp³-hybridized carbons (Fsp3) is 0.483. The Labute approximate surface area is 259 Å². The average molecular weight is 655 g/mol. The number of hydrogen-bond acceptors (Lipinski definition) is 17. The highest BCUT2D eigenvalue weighted by molar-refractivity contribution is 5.88. The first kappa shape index (κ1) is 33.5. The van der Waals surface area contributed by atoms with Crippen molar-refractivity contribution in [2.75, 3.05) is 20.8 Å². The third-order valence-electron chi connectivity index (χ3n) is 7.80. The maximum atomic E-state index is 13.8. The average Bonchev–Trinajstić information content (AvgIpc) is 3.02. The van der Waals surface area contributed by atoms with Crippen molar-refractivity contribution in [3.8, 4) is 45.8 Å². The lowest BCUT2D eigenvalue weighted by Gasteiger charge is -2.42. The third-order valence-corrected chi connectivity index (χ3v) is 7.80. The van der Waals surface area contributed by atoms with Gasteiger partial charge in [0, 0.05) is 17.7 Å². The molecule has 2 aliphatic rings. The molecule has 2 saturated heterocycles. The molecule has 0 radical (unpaired) electrons. The molecule has 17 nitrogen and oxygen atoms in total. The second-order valence-corrected chi connectivity index (χ2v) is 10.8. The molecule has 0 amide bonds. The van der Waals surface area contributed by atoms with Crippen LogP contribution in [0.25, 0.3) is 22.3 Å². The number of aromatic hydroxyl groups is 3. The predicted molar refractivity (Wildman–Crippen MR) is 152 cm³/mol. The van der Waals surface area contributed by atoms with Crippen molar-refractivity contribution in [2.45, 2.75) is 68.3 Å². The molecule has 0 bridgehead atoms. The zero-order valence-corrected chi connectivity index (χ0v) is 24.6. The van der Waals surface area contributed by atoms with Gasteiger partial charge in [-0.1, -0.05) is 0 Å². The zero-order chi connectivity index (χ0) is 33.6. The van der Waals surface area contributed by atoms with E-state index in [-0.39, 0.29) is 34.2 Å². The van der Waals surface area contributed by atoms with Gasteiger partial charge in [0.15, 0.2) is 23.5 Å². The van der Waals surface area contributed by atoms with Gasteiger partial charge in [0.2, 0.25) is 23.2 Å². The summed E-state index contributed by atoms with van der Waals surface area (Å²) in [6.45, 7) is 0.824. The second-order valence-electron chi connectivity index (χ2n) is 10.8. The first-order valence-corrected chi connectivity index (χ1v) is 13.9. The van der Waals surface area contributed by atoms with Crippen LogP contribution in [0.2, 0.25) is 0 Å². The van der Waals surface area contributed by atoms with E-state index in [0.717, 1.165) is 12.1 Å². The number of aliphatic hydroxyl groups is 6. The molecule has 3 aromatic rings. The van der Waals surface area contributed by atoms with Gasteiger partial charge < -0.3 is 78.8 Å². The van der Waals surface area contributed by atoms with Crippen molar-refractivity contribution in [3.05, 3.63) is 34.5 Å². The molecular formula is C29H34O17. The summed E-state index contributed by atoms with van der Waals surface area (Å²) < 4.78 is 38.6. The molecule has 1 aromatic heterocycles. The standard InChI is InChI=1S/C29H34O17/c1-9-18(32)22(36)24(38)28(43-9)42-8-16-20(34)23(37)25(39)29(45-16)46-27-21(35)17-12(31)6-11(30)7-13(17)44-26(27)10-4-14(40-2)19(33)15(5-10)41-3/h4-7,9,16,18,20,22-25,28-34,36-39H,8H2,1-3H3/t9-,16+,18-,20-,22+,23+,24+,25+,28-,29+/m0/s1. The Hall–Kier alpha value is -3.91. The number of ether oxygens (including phenoxy) is 6. The number of methoxy groups -OCH3 is 2. The van der Waals surface area contributed by atoms with E-state index in [1.54, 1.807) is 0 Å². The summed E-state index contributed by atoms with van der Waals surface area (Å²) in [6, 6.07) is 4.45. The Morgan fingerprint density at radius 3 is 2.00 bits per heavy atom. The Morgan fingerprint density at radius 1 is 0.761 bits per heavy atom. The Morgan fingerprint density at radius 2 is 1.37 bits per heavy atom. The van der Waals surface area contributed by atoms with Gasteiger partial charge in [-0.25, -0.2) is 0 Å². The van der Waals surface area contributed by atoms with Crippen LogP contribution in [0.1, 0.15) is 6.92 Å². The minimum atomic E-state index is -1.97. The van der Waals surface area contributed by atoms with Crippen LogP contribution in [0.5, 0.6) is 34.5 Å². The van der Waals surface area contributed by atoms with Gasteiger partial charge in [-0.2, -0.15) is 0 Å². The number of benzene rings is 2. The monoisotopic (exact) mass is 654 g/mol. The molecule has 252 valence electrons. The van der Waals surface area contributed by atoms with Gasteiger partial charge >= 0.3 is 0 Å². The molecule has 10 atom stereocenters. The van der Waals surface area contributed by atoms with E-state index in [0.29, 0.717) is 0 Å². The van der Waals surface area contributed by atoms with Crippen LogP contribution in [0.4, 0.5) is 0 Å². The Bertz CT molecular complexity index is 1600. The number of phenolic OH excluding ortho intramolecular Hbond substituents is 3. The van der Waals surface area contributed by atoms with E-state index in [4.69, 9.17) is 32.8 Å². The van der Waals surface area contributed by atoms with Crippen molar-refractivity contribution < 1.29 is 78.8 Å². The van der Waals surface area contributed by atoms with E-state index in [1.165, 1.54) is 33.3 Å². The smallest absolute Gasteiger partial charge is 0.239 e. The molecule has 0 spiro atoms. The van der Waals surface area contributed by atoms with Crippen LogP contribution in [0.15, 0.2) is 33.5 Å². The van der Waals surface area contributed by atoms with Crippen LogP contribution in [-0.2, 0) is 14.2 Å². The summed E-state index contributed by atoms with van der Waals surface area (Å²) in [5, 5.41) is 92.7. The molecule has 3 heterocycles. The van der Waals surface area contributed by atoms with Crippen LogP contribution < -0.4 is 19.6 Å². The van der Waals surface area contributed by atoms with Crippen LogP contribution in [-0.4, -0.2) is 128 Å². The van der Waals surface area contributed by atoms with Gasteiger partial charge in [0.1, 0.15) is 65.2 Å². The number of aliphatic hydroxyl groups excluding tert-OH is 6. The van der Waals surface area contributed by atoms with Gasteiger partial charge in [-0.15, -0.1) is 0 Å². The fourth-order valence-electron chi connectivity index (χ4n) is 5.20. The molecule has 2 fully saturated rings. The van der Waals surface area contributed by atoms with Crippen LogP contribution >= 0.6 is 0 Å². The molecule has 9 N–H and O–H groups in total. The number of fused-ring (bicyclic) bond motifs is 1. The lowest BCUT2D eigenvalue weighted by Crippen LogP contribution is -2.61. The maximum absolute atomic E-state index is 13.8. The quantitative estimate of drug-likeness (QED) is 0.135. The molecule has 5 rings (SSSR count). The minimum absolute atomic E-state index is 0.0207. The van der Waals surface area contributed by atoms with Gasteiger partial charge in [-0.3, -0.25) is 4.79 Å². The first-order valence-electron chi connectivity index (χ1n) is 13.9. The Kier molecular flexibility index (Phi) is 9.50. The van der Waals surface area contributed by atoms with Crippen molar-refractivity contribution >= 4 is 11.0 Å². The molecular weight excluding hydrogens is 620 g/mol. The van der Waals surface area contributed by atoms with Crippen molar-refractivity contribution in [3.63, 3.8) is 0 Å². The topological polar surface area (TPSA) is 268 Å². The third kappa shape index (κ3) is 5.99. The summed E-state index contributed by atoms with van der Waals surface area (Å²) in [5.74, 6) is -2.76. The highest BCUT2D eigenvalue weighted by Gasteiger charge is 2.48. The summed E-state index contributed by atoms with van der Waals surface area (Å²) in [4.78, 5) is 13.8. The molecule has 2 aromatic carbocycles. The van der Waals surface area contributed by atoms with E-state index >= 15 is 0 Å². The van der Waals surface area contributed by atoms with Crippen molar-refractivity contribution in [2.24, 2.45) is 0 Å². The van der Waals surface area contributed by atoms with E-state index in [9.17, 15) is 50.8 Å². The zero-order valence-electron chi connectivity index (χ0n) is 24.6. The summed E-state index contributed by atoms with van der Waals surface area (Å²) in [6.07, 6.45) is -16.2. The summed E-state index contributed by atoms with van der Waals surface area (Å²) in [5.41, 5.74) is -1.27. The number of rotatable bonds is 8. The van der Waals surface area contributed by atoms with E-state index < -0.39 is 96.1 Å². The van der Waals surface area contributed by atoms with Gasteiger partial charge in [-0.05, 0) is 19.1 Å². The lowest BCUT2D eigenvalue weighted by atomic mass is 9.98. The first-order chi connectivity index (χ1) is 21.8. The fourth-order valence-corrected chi connectivity index (χ4v) is 5.20. The number of phenols is 3. The normalized spacial score (nSPS) is 31.5.